The Morgan fingerprint density at radius 3 is 2.56 bits per heavy atom. The van der Waals surface area contributed by atoms with Gasteiger partial charge in [-0.2, -0.15) is 5.10 Å². The van der Waals surface area contributed by atoms with E-state index in [-0.39, 0.29) is 18.4 Å². The lowest BCUT2D eigenvalue weighted by molar-refractivity contribution is -0.136. The molecular formula is C19H26N4O4. The van der Waals surface area contributed by atoms with Gasteiger partial charge in [0.05, 0.1) is 19.2 Å². The van der Waals surface area contributed by atoms with Crippen molar-refractivity contribution < 1.29 is 19.1 Å². The molecule has 0 radical (unpaired) electrons. The Morgan fingerprint density at radius 1 is 1.19 bits per heavy atom. The molecule has 3 amide bonds. The third-order valence-electron chi connectivity index (χ3n) is 4.29. The number of hydrazone groups is 1. The molecule has 27 heavy (non-hydrogen) atoms. The van der Waals surface area contributed by atoms with Gasteiger partial charge in [-0.25, -0.2) is 5.43 Å². The van der Waals surface area contributed by atoms with Crippen LogP contribution in [0.25, 0.3) is 0 Å². The summed E-state index contributed by atoms with van der Waals surface area (Å²) < 4.78 is 5.16. The SMILES string of the molecule is COc1ccc(C)cc1NC(=O)C(=O)NN=C(C)CC(=O)NC1CCCC1. The molecule has 0 aliphatic heterocycles. The number of hydrogen-bond donors (Lipinski definition) is 3. The van der Waals surface area contributed by atoms with Gasteiger partial charge in [0, 0.05) is 11.8 Å². The van der Waals surface area contributed by atoms with Gasteiger partial charge in [0.25, 0.3) is 0 Å². The summed E-state index contributed by atoms with van der Waals surface area (Å²) in [5.74, 6) is -1.48. The van der Waals surface area contributed by atoms with Gasteiger partial charge < -0.3 is 15.4 Å². The van der Waals surface area contributed by atoms with Crippen molar-refractivity contribution in [3.8, 4) is 5.75 Å². The first-order valence-electron chi connectivity index (χ1n) is 8.97. The third kappa shape index (κ3) is 6.40. The first-order valence-corrected chi connectivity index (χ1v) is 8.97. The average Bonchev–Trinajstić information content (AvgIpc) is 3.12. The first-order chi connectivity index (χ1) is 12.9. The van der Waals surface area contributed by atoms with E-state index >= 15 is 0 Å². The molecule has 1 aliphatic rings. The summed E-state index contributed by atoms with van der Waals surface area (Å²) in [4.78, 5) is 35.9. The van der Waals surface area contributed by atoms with Crippen molar-refractivity contribution in [2.75, 3.05) is 12.4 Å². The zero-order valence-corrected chi connectivity index (χ0v) is 15.9. The second kappa shape index (κ2) is 9.70. The molecule has 1 aromatic carbocycles. The van der Waals surface area contributed by atoms with Crippen LogP contribution in [0.4, 0.5) is 5.69 Å². The van der Waals surface area contributed by atoms with Gasteiger partial charge in [-0.05, 0) is 44.4 Å². The lowest BCUT2D eigenvalue weighted by Gasteiger charge is -2.12. The molecular weight excluding hydrogens is 348 g/mol. The van der Waals surface area contributed by atoms with Crippen molar-refractivity contribution in [3.05, 3.63) is 23.8 Å². The summed E-state index contributed by atoms with van der Waals surface area (Å²) in [6, 6.07) is 5.47. The summed E-state index contributed by atoms with van der Waals surface area (Å²) in [6.45, 7) is 3.48. The van der Waals surface area contributed by atoms with Crippen LogP contribution in [0.3, 0.4) is 0 Å². The highest BCUT2D eigenvalue weighted by Crippen LogP contribution is 2.25. The molecule has 0 bridgehead atoms. The Balaban J connectivity index is 1.84. The molecule has 3 N–H and O–H groups in total. The Hall–Kier alpha value is -2.90. The number of nitrogens with zero attached hydrogens (tertiary/aromatic N) is 1. The molecule has 1 saturated carbocycles. The van der Waals surface area contributed by atoms with Crippen molar-refractivity contribution in [2.24, 2.45) is 5.10 Å². The first kappa shape index (κ1) is 20.4. The Labute approximate surface area is 158 Å². The molecule has 146 valence electrons. The van der Waals surface area contributed by atoms with Crippen molar-refractivity contribution in [1.82, 2.24) is 10.7 Å². The topological polar surface area (TPSA) is 109 Å². The second-order valence-corrected chi connectivity index (χ2v) is 6.67. The van der Waals surface area contributed by atoms with Crippen LogP contribution in [0.2, 0.25) is 0 Å². The summed E-state index contributed by atoms with van der Waals surface area (Å²) in [5, 5.41) is 9.26. The Kier molecular flexibility index (Phi) is 7.34. The molecule has 0 heterocycles. The van der Waals surface area contributed by atoms with Crippen LogP contribution in [0.5, 0.6) is 5.75 Å². The number of carbonyl (C=O) groups excluding carboxylic acids is 3. The number of benzene rings is 1. The molecule has 1 aromatic rings. The second-order valence-electron chi connectivity index (χ2n) is 6.67. The zero-order chi connectivity index (χ0) is 19.8. The van der Waals surface area contributed by atoms with Crippen molar-refractivity contribution in [3.63, 3.8) is 0 Å². The lowest BCUT2D eigenvalue weighted by Crippen LogP contribution is -2.35. The normalized spacial score (nSPS) is 14.6. The third-order valence-corrected chi connectivity index (χ3v) is 4.29. The predicted octanol–water partition coefficient (Wildman–Crippen LogP) is 1.88. The van der Waals surface area contributed by atoms with Gasteiger partial charge in [-0.15, -0.1) is 0 Å². The van der Waals surface area contributed by atoms with Gasteiger partial charge in [0.15, 0.2) is 0 Å². The van der Waals surface area contributed by atoms with E-state index in [1.807, 2.05) is 13.0 Å². The maximum Gasteiger partial charge on any atom is 0.329 e. The minimum atomic E-state index is -0.922. The Bertz CT molecular complexity index is 739. The van der Waals surface area contributed by atoms with Crippen LogP contribution in [-0.4, -0.2) is 36.6 Å². The number of hydrogen-bond acceptors (Lipinski definition) is 5. The van der Waals surface area contributed by atoms with Crippen molar-refractivity contribution in [2.45, 2.75) is 52.0 Å². The maximum atomic E-state index is 12.0. The molecule has 8 heteroatoms. The smallest absolute Gasteiger partial charge is 0.329 e. The number of carbonyl (C=O) groups is 3. The molecule has 2 rings (SSSR count). The summed E-state index contributed by atoms with van der Waals surface area (Å²) in [7, 11) is 1.48. The lowest BCUT2D eigenvalue weighted by atomic mass is 10.2. The van der Waals surface area contributed by atoms with Gasteiger partial charge in [-0.1, -0.05) is 18.9 Å². The van der Waals surface area contributed by atoms with Crippen LogP contribution in [-0.2, 0) is 14.4 Å². The number of ether oxygens (including phenoxy) is 1. The summed E-state index contributed by atoms with van der Waals surface area (Å²) in [6.07, 6.45) is 4.34. The van der Waals surface area contributed by atoms with Gasteiger partial charge >= 0.3 is 11.8 Å². The fourth-order valence-corrected chi connectivity index (χ4v) is 2.92. The monoisotopic (exact) mass is 374 g/mol. The van der Waals surface area contributed by atoms with E-state index in [1.165, 1.54) is 7.11 Å². The van der Waals surface area contributed by atoms with E-state index in [1.54, 1.807) is 19.1 Å². The largest absolute Gasteiger partial charge is 0.495 e. The molecule has 0 spiro atoms. The molecule has 8 nitrogen and oxygen atoms in total. The standard InChI is InChI=1S/C19H26N4O4/c1-12-8-9-16(27-3)15(10-12)21-18(25)19(26)23-22-13(2)11-17(24)20-14-6-4-5-7-14/h8-10,14H,4-7,11H2,1-3H3,(H,20,24)(H,21,25)(H,23,26). The number of rotatable bonds is 6. The number of anilines is 1. The fraction of sp³-hybridized carbons (Fsp3) is 0.474. The quantitative estimate of drug-likeness (QED) is 0.401. The van der Waals surface area contributed by atoms with E-state index in [2.05, 4.69) is 21.2 Å². The molecule has 1 aliphatic carbocycles. The number of amides is 3. The molecule has 0 aromatic heterocycles. The molecule has 1 fully saturated rings. The van der Waals surface area contributed by atoms with Crippen molar-refractivity contribution >= 4 is 29.1 Å². The minimum absolute atomic E-state index is 0.0735. The fourth-order valence-electron chi connectivity index (χ4n) is 2.92. The van der Waals surface area contributed by atoms with E-state index in [9.17, 15) is 14.4 Å². The van der Waals surface area contributed by atoms with Crippen molar-refractivity contribution in [1.29, 1.82) is 0 Å². The van der Waals surface area contributed by atoms with Gasteiger partial charge in [0.1, 0.15) is 5.75 Å². The van der Waals surface area contributed by atoms with Gasteiger partial charge in [-0.3, -0.25) is 14.4 Å². The maximum absolute atomic E-state index is 12.0. The van der Waals surface area contributed by atoms with Crippen LogP contribution >= 0.6 is 0 Å². The molecule has 0 saturated heterocycles. The average molecular weight is 374 g/mol. The number of methoxy groups -OCH3 is 1. The van der Waals surface area contributed by atoms with E-state index < -0.39 is 11.8 Å². The van der Waals surface area contributed by atoms with E-state index in [4.69, 9.17) is 4.74 Å². The zero-order valence-electron chi connectivity index (χ0n) is 15.9. The minimum Gasteiger partial charge on any atom is -0.495 e. The van der Waals surface area contributed by atoms with Crippen LogP contribution < -0.4 is 20.8 Å². The van der Waals surface area contributed by atoms with E-state index in [0.717, 1.165) is 31.2 Å². The number of aryl methyl sites for hydroxylation is 1. The van der Waals surface area contributed by atoms with Gasteiger partial charge in [0.2, 0.25) is 5.91 Å². The molecule has 0 unspecified atom stereocenters. The van der Waals surface area contributed by atoms with E-state index in [0.29, 0.717) is 17.1 Å². The highest BCUT2D eigenvalue weighted by molar-refractivity contribution is 6.39. The predicted molar refractivity (Wildman–Crippen MR) is 103 cm³/mol. The number of nitrogens with one attached hydrogen (secondary N) is 3. The Morgan fingerprint density at radius 2 is 1.89 bits per heavy atom. The summed E-state index contributed by atoms with van der Waals surface area (Å²) in [5.41, 5.74) is 3.89. The summed E-state index contributed by atoms with van der Waals surface area (Å²) >= 11 is 0. The van der Waals surface area contributed by atoms with Crippen LogP contribution in [0.15, 0.2) is 23.3 Å². The highest BCUT2D eigenvalue weighted by Gasteiger charge is 2.18. The van der Waals surface area contributed by atoms with Crippen LogP contribution in [0, 0.1) is 6.92 Å². The highest BCUT2D eigenvalue weighted by atomic mass is 16.5. The van der Waals surface area contributed by atoms with Crippen LogP contribution in [0.1, 0.15) is 44.6 Å². The molecule has 0 atom stereocenters.